The van der Waals surface area contributed by atoms with Crippen molar-refractivity contribution < 1.29 is 9.90 Å². The first-order valence-corrected chi connectivity index (χ1v) is 6.59. The molecule has 0 bridgehead atoms. The van der Waals surface area contributed by atoms with Crippen molar-refractivity contribution >= 4 is 23.4 Å². The molecule has 0 amide bonds. The molecule has 1 aliphatic heterocycles. The number of carboxylic acids is 1. The van der Waals surface area contributed by atoms with Crippen LogP contribution >= 0.6 is 11.6 Å². The van der Waals surface area contributed by atoms with E-state index in [0.29, 0.717) is 36.0 Å². The van der Waals surface area contributed by atoms with Gasteiger partial charge in [0, 0.05) is 13.1 Å². The zero-order valence-corrected chi connectivity index (χ0v) is 11.3. The Morgan fingerprint density at radius 1 is 1.35 bits per heavy atom. The molecular weight excluding hydrogens is 278 g/mol. The van der Waals surface area contributed by atoms with E-state index in [9.17, 15) is 9.90 Å². The summed E-state index contributed by atoms with van der Waals surface area (Å²) in [4.78, 5) is 21.5. The number of aromatic nitrogens is 2. The summed E-state index contributed by atoms with van der Waals surface area (Å²) in [5, 5.41) is 9.56. The highest BCUT2D eigenvalue weighted by atomic mass is 35.5. The van der Waals surface area contributed by atoms with E-state index in [-0.39, 0.29) is 0 Å². The van der Waals surface area contributed by atoms with E-state index in [0.717, 1.165) is 11.1 Å². The van der Waals surface area contributed by atoms with E-state index in [2.05, 4.69) is 9.97 Å². The Morgan fingerprint density at radius 2 is 2.20 bits per heavy atom. The SMILES string of the molecule is O=C(O)c1cccc2c1CCN(c1cncc(Cl)n1)C2. The summed E-state index contributed by atoms with van der Waals surface area (Å²) in [6.07, 6.45) is 3.83. The molecule has 0 atom stereocenters. The summed E-state index contributed by atoms with van der Waals surface area (Å²) >= 11 is 5.85. The van der Waals surface area contributed by atoms with Crippen LogP contribution < -0.4 is 4.90 Å². The molecule has 1 aliphatic rings. The fraction of sp³-hybridized carbons (Fsp3) is 0.214. The summed E-state index contributed by atoms with van der Waals surface area (Å²) < 4.78 is 0. The molecule has 6 heteroatoms. The van der Waals surface area contributed by atoms with E-state index >= 15 is 0 Å². The van der Waals surface area contributed by atoms with Crippen LogP contribution in [0.4, 0.5) is 5.82 Å². The molecule has 2 heterocycles. The van der Waals surface area contributed by atoms with Crippen LogP contribution in [-0.2, 0) is 13.0 Å². The van der Waals surface area contributed by atoms with Crippen LogP contribution in [0.25, 0.3) is 0 Å². The maximum Gasteiger partial charge on any atom is 0.335 e. The van der Waals surface area contributed by atoms with Gasteiger partial charge in [-0.2, -0.15) is 0 Å². The Hall–Kier alpha value is -2.14. The van der Waals surface area contributed by atoms with Crippen molar-refractivity contribution in [1.29, 1.82) is 0 Å². The zero-order valence-electron chi connectivity index (χ0n) is 10.6. The first-order chi connectivity index (χ1) is 9.65. The Kier molecular flexibility index (Phi) is 3.28. The van der Waals surface area contributed by atoms with Gasteiger partial charge in [0.1, 0.15) is 11.0 Å². The summed E-state index contributed by atoms with van der Waals surface area (Å²) in [7, 11) is 0. The number of hydrogen-bond acceptors (Lipinski definition) is 4. The van der Waals surface area contributed by atoms with Crippen molar-refractivity contribution in [2.75, 3.05) is 11.4 Å². The Balaban J connectivity index is 1.93. The average molecular weight is 290 g/mol. The zero-order chi connectivity index (χ0) is 14.1. The summed E-state index contributed by atoms with van der Waals surface area (Å²) in [6.45, 7) is 1.32. The van der Waals surface area contributed by atoms with Gasteiger partial charge in [-0.3, -0.25) is 4.98 Å². The third-order valence-corrected chi connectivity index (χ3v) is 3.59. The molecule has 0 saturated heterocycles. The van der Waals surface area contributed by atoms with Crippen molar-refractivity contribution in [3.8, 4) is 0 Å². The van der Waals surface area contributed by atoms with E-state index in [4.69, 9.17) is 11.6 Å². The van der Waals surface area contributed by atoms with Crippen molar-refractivity contribution in [2.24, 2.45) is 0 Å². The second-order valence-electron chi connectivity index (χ2n) is 4.62. The van der Waals surface area contributed by atoms with E-state index in [1.807, 2.05) is 11.0 Å². The largest absolute Gasteiger partial charge is 0.478 e. The van der Waals surface area contributed by atoms with Crippen LogP contribution in [0.2, 0.25) is 5.15 Å². The number of hydrogen-bond donors (Lipinski definition) is 1. The van der Waals surface area contributed by atoms with Crippen molar-refractivity contribution in [1.82, 2.24) is 9.97 Å². The lowest BCUT2D eigenvalue weighted by Crippen LogP contribution is -2.32. The van der Waals surface area contributed by atoms with E-state index in [1.165, 1.54) is 6.20 Å². The molecule has 3 rings (SSSR count). The topological polar surface area (TPSA) is 66.3 Å². The average Bonchev–Trinajstić information content (AvgIpc) is 2.46. The lowest BCUT2D eigenvalue weighted by molar-refractivity contribution is 0.0695. The van der Waals surface area contributed by atoms with Gasteiger partial charge < -0.3 is 10.0 Å². The van der Waals surface area contributed by atoms with Crippen molar-refractivity contribution in [3.05, 3.63) is 52.4 Å². The second-order valence-corrected chi connectivity index (χ2v) is 5.01. The van der Waals surface area contributed by atoms with Crippen molar-refractivity contribution in [2.45, 2.75) is 13.0 Å². The number of carbonyl (C=O) groups is 1. The number of fused-ring (bicyclic) bond motifs is 1. The number of carboxylic acid groups (broad SMARTS) is 1. The van der Waals surface area contributed by atoms with Gasteiger partial charge in [-0.15, -0.1) is 0 Å². The molecule has 0 spiro atoms. The normalized spacial score (nSPS) is 13.9. The molecule has 102 valence electrons. The molecule has 5 nitrogen and oxygen atoms in total. The predicted octanol–water partition coefficient (Wildman–Crippen LogP) is 2.39. The summed E-state index contributed by atoms with van der Waals surface area (Å²) in [5.74, 6) is -0.165. The fourth-order valence-corrected chi connectivity index (χ4v) is 2.63. The molecule has 1 aromatic carbocycles. The van der Waals surface area contributed by atoms with Gasteiger partial charge in [0.05, 0.1) is 18.0 Å². The van der Waals surface area contributed by atoms with Crippen LogP contribution in [0.5, 0.6) is 0 Å². The third-order valence-electron chi connectivity index (χ3n) is 3.41. The van der Waals surface area contributed by atoms with Gasteiger partial charge in [-0.05, 0) is 23.6 Å². The minimum atomic E-state index is -0.877. The number of aromatic carboxylic acids is 1. The first-order valence-electron chi connectivity index (χ1n) is 6.21. The minimum absolute atomic E-state index is 0.354. The van der Waals surface area contributed by atoms with Crippen LogP contribution in [0.1, 0.15) is 21.5 Å². The molecular formula is C14H12ClN3O2. The lowest BCUT2D eigenvalue weighted by atomic mass is 9.94. The molecule has 20 heavy (non-hydrogen) atoms. The van der Waals surface area contributed by atoms with Crippen LogP contribution in [0.3, 0.4) is 0 Å². The van der Waals surface area contributed by atoms with Gasteiger partial charge in [-0.1, -0.05) is 23.7 Å². The van der Waals surface area contributed by atoms with Gasteiger partial charge in [0.2, 0.25) is 0 Å². The third kappa shape index (κ3) is 2.32. The van der Waals surface area contributed by atoms with E-state index < -0.39 is 5.97 Å². The Bertz CT molecular complexity index is 675. The lowest BCUT2D eigenvalue weighted by Gasteiger charge is -2.30. The Morgan fingerprint density at radius 3 is 2.95 bits per heavy atom. The standard InChI is InChI=1S/C14H12ClN3O2/c15-12-6-16-7-13(17-12)18-5-4-10-9(8-18)2-1-3-11(10)14(19)20/h1-3,6-7H,4-5,8H2,(H,19,20). The van der Waals surface area contributed by atoms with Crippen molar-refractivity contribution in [3.63, 3.8) is 0 Å². The molecule has 1 aromatic heterocycles. The molecule has 0 radical (unpaired) electrons. The monoisotopic (exact) mass is 289 g/mol. The van der Waals surface area contributed by atoms with Crippen LogP contribution in [-0.4, -0.2) is 27.6 Å². The molecule has 0 unspecified atom stereocenters. The van der Waals surface area contributed by atoms with E-state index in [1.54, 1.807) is 18.3 Å². The smallest absolute Gasteiger partial charge is 0.335 e. The highest BCUT2D eigenvalue weighted by Crippen LogP contribution is 2.25. The van der Waals surface area contributed by atoms with Crippen LogP contribution in [0.15, 0.2) is 30.6 Å². The number of rotatable bonds is 2. The molecule has 2 aromatic rings. The number of halogens is 1. The summed E-state index contributed by atoms with van der Waals surface area (Å²) in [6, 6.07) is 5.37. The molecule has 1 N–H and O–H groups in total. The van der Waals surface area contributed by atoms with Crippen LogP contribution in [0, 0.1) is 0 Å². The highest BCUT2D eigenvalue weighted by Gasteiger charge is 2.22. The quantitative estimate of drug-likeness (QED) is 0.919. The number of benzene rings is 1. The molecule has 0 fully saturated rings. The van der Waals surface area contributed by atoms with Gasteiger partial charge in [-0.25, -0.2) is 9.78 Å². The van der Waals surface area contributed by atoms with Gasteiger partial charge >= 0.3 is 5.97 Å². The maximum atomic E-state index is 11.2. The van der Waals surface area contributed by atoms with Gasteiger partial charge in [0.25, 0.3) is 0 Å². The summed E-state index contributed by atoms with van der Waals surface area (Å²) in [5.41, 5.74) is 2.31. The highest BCUT2D eigenvalue weighted by molar-refractivity contribution is 6.29. The minimum Gasteiger partial charge on any atom is -0.478 e. The number of nitrogens with zero attached hydrogens (tertiary/aromatic N) is 3. The molecule has 0 aliphatic carbocycles. The molecule has 0 saturated carbocycles. The maximum absolute atomic E-state index is 11.2. The second kappa shape index (κ2) is 5.09. The fourth-order valence-electron chi connectivity index (χ4n) is 2.49. The van der Waals surface area contributed by atoms with Gasteiger partial charge in [0.15, 0.2) is 0 Å². The Labute approximate surface area is 120 Å². The predicted molar refractivity (Wildman–Crippen MR) is 75.2 cm³/mol. The number of anilines is 1. The first kappa shape index (κ1) is 12.9.